The summed E-state index contributed by atoms with van der Waals surface area (Å²) < 4.78 is 1.91. The molecule has 1 aliphatic rings. The molecular weight excluding hydrogens is 324 g/mol. The van der Waals surface area contributed by atoms with Crippen LogP contribution in [0.15, 0.2) is 42.6 Å². The first-order chi connectivity index (χ1) is 12.5. The summed E-state index contributed by atoms with van der Waals surface area (Å²) in [5, 5.41) is 0. The topological polar surface area (TPSA) is 40.8 Å². The molecule has 0 aliphatic carbocycles. The molecule has 5 nitrogen and oxygen atoms in total. The van der Waals surface area contributed by atoms with Crippen LogP contribution in [-0.4, -0.2) is 46.4 Å². The zero-order valence-electron chi connectivity index (χ0n) is 15.6. The van der Waals surface area contributed by atoms with Crippen molar-refractivity contribution in [2.75, 3.05) is 31.1 Å². The fraction of sp³-hybridized carbons (Fsp3) is 0.333. The molecule has 4 rings (SSSR count). The number of aryl methyl sites for hydroxylation is 3. The number of pyridine rings is 1. The maximum absolute atomic E-state index is 13.1. The molecule has 1 aromatic carbocycles. The number of anilines is 1. The number of piperazine rings is 1. The first kappa shape index (κ1) is 16.6. The van der Waals surface area contributed by atoms with E-state index in [2.05, 4.69) is 41.1 Å². The number of imidazole rings is 1. The molecule has 0 unspecified atom stereocenters. The molecule has 3 heterocycles. The quantitative estimate of drug-likeness (QED) is 0.714. The van der Waals surface area contributed by atoms with Crippen molar-refractivity contribution in [1.29, 1.82) is 0 Å². The number of amides is 1. The van der Waals surface area contributed by atoms with Gasteiger partial charge >= 0.3 is 0 Å². The van der Waals surface area contributed by atoms with E-state index in [1.165, 1.54) is 11.3 Å². The zero-order chi connectivity index (χ0) is 18.3. The highest BCUT2D eigenvalue weighted by Crippen LogP contribution is 2.20. The number of aromatic nitrogens is 2. The van der Waals surface area contributed by atoms with Crippen LogP contribution in [0, 0.1) is 20.8 Å². The van der Waals surface area contributed by atoms with Crippen LogP contribution in [-0.2, 0) is 0 Å². The van der Waals surface area contributed by atoms with Gasteiger partial charge in [-0.25, -0.2) is 4.98 Å². The van der Waals surface area contributed by atoms with Crippen molar-refractivity contribution in [2.45, 2.75) is 20.8 Å². The lowest BCUT2D eigenvalue weighted by atomic mass is 10.2. The third-order valence-corrected chi connectivity index (χ3v) is 5.09. The molecule has 0 spiro atoms. The largest absolute Gasteiger partial charge is 0.368 e. The van der Waals surface area contributed by atoms with Crippen molar-refractivity contribution in [2.24, 2.45) is 0 Å². The second-order valence-electron chi connectivity index (χ2n) is 7.10. The average molecular weight is 348 g/mol. The van der Waals surface area contributed by atoms with E-state index in [1.807, 2.05) is 41.5 Å². The highest BCUT2D eigenvalue weighted by molar-refractivity contribution is 5.95. The Morgan fingerprint density at radius 1 is 0.962 bits per heavy atom. The number of hydrogen-bond donors (Lipinski definition) is 0. The van der Waals surface area contributed by atoms with E-state index in [9.17, 15) is 4.79 Å². The van der Waals surface area contributed by atoms with Gasteiger partial charge in [-0.05, 0) is 56.2 Å². The van der Waals surface area contributed by atoms with E-state index in [0.717, 1.165) is 43.1 Å². The van der Waals surface area contributed by atoms with Crippen LogP contribution < -0.4 is 4.90 Å². The predicted octanol–water partition coefficient (Wildman–Crippen LogP) is 3.22. The van der Waals surface area contributed by atoms with E-state index >= 15 is 0 Å². The lowest BCUT2D eigenvalue weighted by Gasteiger charge is -2.36. The third-order valence-electron chi connectivity index (χ3n) is 5.09. The van der Waals surface area contributed by atoms with Gasteiger partial charge in [0.25, 0.3) is 5.91 Å². The highest BCUT2D eigenvalue weighted by Gasteiger charge is 2.26. The molecule has 5 heteroatoms. The number of benzene rings is 1. The Morgan fingerprint density at radius 2 is 1.69 bits per heavy atom. The second kappa shape index (κ2) is 6.48. The van der Waals surface area contributed by atoms with Crippen molar-refractivity contribution < 1.29 is 4.79 Å². The Kier molecular flexibility index (Phi) is 4.15. The Labute approximate surface area is 153 Å². The number of carbonyl (C=O) groups is 1. The zero-order valence-corrected chi connectivity index (χ0v) is 15.6. The van der Waals surface area contributed by atoms with E-state index in [0.29, 0.717) is 5.69 Å². The summed E-state index contributed by atoms with van der Waals surface area (Å²) in [7, 11) is 0. The molecule has 1 amide bonds. The molecule has 134 valence electrons. The van der Waals surface area contributed by atoms with Crippen molar-refractivity contribution in [3.8, 4) is 0 Å². The normalized spacial score (nSPS) is 14.9. The Hall–Kier alpha value is -2.82. The Bertz CT molecular complexity index is 967. The summed E-state index contributed by atoms with van der Waals surface area (Å²) >= 11 is 0. The smallest absolute Gasteiger partial charge is 0.272 e. The highest BCUT2D eigenvalue weighted by atomic mass is 16.2. The van der Waals surface area contributed by atoms with Crippen LogP contribution >= 0.6 is 0 Å². The summed E-state index contributed by atoms with van der Waals surface area (Å²) in [5.41, 5.74) is 5.96. The molecule has 1 aliphatic heterocycles. The van der Waals surface area contributed by atoms with Crippen LogP contribution in [0.2, 0.25) is 0 Å². The molecule has 0 radical (unpaired) electrons. The van der Waals surface area contributed by atoms with Crippen LogP contribution in [0.5, 0.6) is 0 Å². The van der Waals surface area contributed by atoms with Crippen LogP contribution in [0.1, 0.15) is 27.3 Å². The molecule has 1 saturated heterocycles. The van der Waals surface area contributed by atoms with E-state index < -0.39 is 0 Å². The number of carbonyl (C=O) groups excluding carboxylic acids is 1. The van der Waals surface area contributed by atoms with Crippen molar-refractivity contribution in [3.63, 3.8) is 0 Å². The van der Waals surface area contributed by atoms with Gasteiger partial charge in [0, 0.05) is 38.1 Å². The van der Waals surface area contributed by atoms with Gasteiger partial charge in [-0.1, -0.05) is 12.1 Å². The van der Waals surface area contributed by atoms with Gasteiger partial charge in [-0.2, -0.15) is 0 Å². The van der Waals surface area contributed by atoms with Gasteiger partial charge in [0.1, 0.15) is 11.3 Å². The molecule has 0 saturated carbocycles. The van der Waals surface area contributed by atoms with Crippen molar-refractivity contribution in [1.82, 2.24) is 14.3 Å². The second-order valence-corrected chi connectivity index (χ2v) is 7.10. The molecule has 3 aromatic rings. The molecule has 1 fully saturated rings. The lowest BCUT2D eigenvalue weighted by Crippen LogP contribution is -2.49. The fourth-order valence-corrected chi connectivity index (χ4v) is 3.66. The number of fused-ring (bicyclic) bond motifs is 1. The van der Waals surface area contributed by atoms with Crippen molar-refractivity contribution >= 4 is 17.2 Å². The lowest BCUT2D eigenvalue weighted by molar-refractivity contribution is 0.0739. The van der Waals surface area contributed by atoms with Gasteiger partial charge in [-0.3, -0.25) is 9.20 Å². The monoisotopic (exact) mass is 348 g/mol. The molecule has 0 bridgehead atoms. The number of nitrogens with zero attached hydrogens (tertiary/aromatic N) is 4. The van der Waals surface area contributed by atoms with E-state index in [4.69, 9.17) is 0 Å². The minimum atomic E-state index is 0.0720. The maximum Gasteiger partial charge on any atom is 0.272 e. The molecule has 26 heavy (non-hydrogen) atoms. The summed E-state index contributed by atoms with van der Waals surface area (Å²) in [4.78, 5) is 22.0. The summed E-state index contributed by atoms with van der Waals surface area (Å²) in [5.74, 6) is 0.0720. The van der Waals surface area contributed by atoms with Gasteiger partial charge in [0.05, 0.1) is 5.69 Å². The third kappa shape index (κ3) is 2.94. The first-order valence-corrected chi connectivity index (χ1v) is 9.09. The van der Waals surface area contributed by atoms with E-state index in [1.54, 1.807) is 0 Å². The van der Waals surface area contributed by atoms with Gasteiger partial charge in [-0.15, -0.1) is 0 Å². The molecule has 0 atom stereocenters. The maximum atomic E-state index is 13.1. The summed E-state index contributed by atoms with van der Waals surface area (Å²) in [6.45, 7) is 9.22. The van der Waals surface area contributed by atoms with Crippen LogP contribution in [0.4, 0.5) is 5.69 Å². The van der Waals surface area contributed by atoms with Gasteiger partial charge < -0.3 is 9.80 Å². The Morgan fingerprint density at radius 3 is 2.42 bits per heavy atom. The number of hydrogen-bond acceptors (Lipinski definition) is 3. The van der Waals surface area contributed by atoms with Gasteiger partial charge in [0.2, 0.25) is 0 Å². The SMILES string of the molecule is Cc1cccc(N2CCN(C(=O)c3c(C)nc4cc(C)ccn34)CC2)c1. The molecule has 0 N–H and O–H groups in total. The minimum Gasteiger partial charge on any atom is -0.368 e. The summed E-state index contributed by atoms with van der Waals surface area (Å²) in [6, 6.07) is 12.6. The average Bonchev–Trinajstić information content (AvgIpc) is 2.96. The molecular formula is C21H24N4O. The molecule has 2 aromatic heterocycles. The van der Waals surface area contributed by atoms with Crippen LogP contribution in [0.3, 0.4) is 0 Å². The fourth-order valence-electron chi connectivity index (χ4n) is 3.66. The first-order valence-electron chi connectivity index (χ1n) is 9.09. The van der Waals surface area contributed by atoms with Crippen LogP contribution in [0.25, 0.3) is 5.65 Å². The van der Waals surface area contributed by atoms with Gasteiger partial charge in [0.15, 0.2) is 0 Å². The van der Waals surface area contributed by atoms with E-state index in [-0.39, 0.29) is 5.91 Å². The standard InChI is InChI=1S/C21H24N4O/c1-15-5-4-6-18(13-15)23-9-11-24(12-10-23)21(26)20-17(3)22-19-14-16(2)7-8-25(19)20/h4-8,13-14H,9-12H2,1-3H3. The van der Waals surface area contributed by atoms with Crippen molar-refractivity contribution in [3.05, 3.63) is 65.1 Å². The minimum absolute atomic E-state index is 0.0720. The number of rotatable bonds is 2. The Balaban J connectivity index is 1.53. The predicted molar refractivity (Wildman–Crippen MR) is 104 cm³/mol. The summed E-state index contributed by atoms with van der Waals surface area (Å²) in [6.07, 6.45) is 1.95.